The molecule has 2 aromatic carbocycles. The fourth-order valence-corrected chi connectivity index (χ4v) is 5.08. The van der Waals surface area contributed by atoms with Gasteiger partial charge in [0, 0.05) is 28.1 Å². The van der Waals surface area contributed by atoms with E-state index in [0.29, 0.717) is 11.8 Å². The van der Waals surface area contributed by atoms with Crippen molar-refractivity contribution in [3.8, 4) is 10.4 Å². The van der Waals surface area contributed by atoms with Crippen LogP contribution in [-0.4, -0.2) is 6.04 Å². The van der Waals surface area contributed by atoms with Gasteiger partial charge in [0.1, 0.15) is 0 Å². The first-order valence-electron chi connectivity index (χ1n) is 11.0. The number of hydrogen-bond acceptors (Lipinski definition) is 2. The molecule has 0 aliphatic rings. The van der Waals surface area contributed by atoms with Crippen LogP contribution < -0.4 is 5.73 Å². The van der Waals surface area contributed by atoms with Crippen molar-refractivity contribution in [3.05, 3.63) is 94.4 Å². The zero-order chi connectivity index (χ0) is 21.7. The Morgan fingerprint density at radius 3 is 2.37 bits per heavy atom. The molecule has 2 unspecified atom stereocenters. The van der Waals surface area contributed by atoms with Gasteiger partial charge in [-0.25, -0.2) is 0 Å². The lowest BCUT2D eigenvalue weighted by Crippen LogP contribution is -2.24. The molecule has 0 aliphatic carbocycles. The van der Waals surface area contributed by atoms with Crippen LogP contribution in [0.2, 0.25) is 0 Å². The number of rotatable bonds is 9. The van der Waals surface area contributed by atoms with Gasteiger partial charge in [0.25, 0.3) is 0 Å². The van der Waals surface area contributed by atoms with Gasteiger partial charge in [0.2, 0.25) is 0 Å². The van der Waals surface area contributed by atoms with E-state index < -0.39 is 0 Å². The van der Waals surface area contributed by atoms with Crippen LogP contribution >= 0.6 is 11.3 Å². The van der Waals surface area contributed by atoms with Crippen LogP contribution in [0.3, 0.4) is 0 Å². The monoisotopic (exact) mass is 417 g/mol. The molecule has 3 aromatic rings. The van der Waals surface area contributed by atoms with Crippen LogP contribution in [0.25, 0.3) is 10.4 Å². The molecule has 0 saturated heterocycles. The molecule has 1 heterocycles. The second kappa shape index (κ2) is 10.2. The molecule has 0 fully saturated rings. The lowest BCUT2D eigenvalue weighted by atomic mass is 9.87. The van der Waals surface area contributed by atoms with Gasteiger partial charge < -0.3 is 5.73 Å². The highest BCUT2D eigenvalue weighted by atomic mass is 32.1. The average molecular weight is 418 g/mol. The Kier molecular flexibility index (Phi) is 7.69. The number of benzene rings is 2. The molecule has 0 amide bonds. The smallest absolute Gasteiger partial charge is 0.0345 e. The van der Waals surface area contributed by atoms with E-state index in [-0.39, 0.29) is 6.04 Å². The molecule has 3 rings (SSSR count). The van der Waals surface area contributed by atoms with Crippen LogP contribution in [-0.2, 0) is 6.42 Å². The number of nitrogens with two attached hydrogens (primary N) is 1. The SMILES string of the molecule is C=CC(CC(N)CC(C)C)c1ccc(C)c(Cc2ccc(-c3ccc(C)cc3)s2)c1. The van der Waals surface area contributed by atoms with Gasteiger partial charge in [-0.3, -0.25) is 0 Å². The second-order valence-electron chi connectivity index (χ2n) is 8.96. The van der Waals surface area contributed by atoms with Crippen LogP contribution in [0.1, 0.15) is 59.7 Å². The number of hydrogen-bond donors (Lipinski definition) is 1. The third-order valence-electron chi connectivity index (χ3n) is 5.78. The summed E-state index contributed by atoms with van der Waals surface area (Å²) in [7, 11) is 0. The van der Waals surface area contributed by atoms with Gasteiger partial charge in [-0.1, -0.05) is 68.0 Å². The predicted octanol–water partition coefficient (Wildman–Crippen LogP) is 7.66. The van der Waals surface area contributed by atoms with Crippen molar-refractivity contribution in [2.45, 2.75) is 58.9 Å². The van der Waals surface area contributed by atoms with Crippen molar-refractivity contribution < 1.29 is 0 Å². The molecular formula is C28H35NS. The molecule has 2 N–H and O–H groups in total. The van der Waals surface area contributed by atoms with Gasteiger partial charge in [-0.15, -0.1) is 17.9 Å². The van der Waals surface area contributed by atoms with Crippen LogP contribution in [0, 0.1) is 19.8 Å². The summed E-state index contributed by atoms with van der Waals surface area (Å²) in [6.45, 7) is 12.9. The van der Waals surface area contributed by atoms with Crippen LogP contribution in [0.15, 0.2) is 67.3 Å². The van der Waals surface area contributed by atoms with Crippen molar-refractivity contribution in [1.29, 1.82) is 0 Å². The maximum atomic E-state index is 6.40. The molecule has 30 heavy (non-hydrogen) atoms. The fraction of sp³-hybridized carbons (Fsp3) is 0.357. The molecule has 0 saturated carbocycles. The Morgan fingerprint density at radius 1 is 0.967 bits per heavy atom. The molecule has 1 aromatic heterocycles. The van der Waals surface area contributed by atoms with E-state index in [1.165, 1.54) is 37.6 Å². The van der Waals surface area contributed by atoms with Gasteiger partial charge in [0.15, 0.2) is 0 Å². The zero-order valence-electron chi connectivity index (χ0n) is 18.8. The van der Waals surface area contributed by atoms with Crippen LogP contribution in [0.5, 0.6) is 0 Å². The maximum Gasteiger partial charge on any atom is 0.0345 e. The molecule has 2 heteroatoms. The topological polar surface area (TPSA) is 26.0 Å². The third-order valence-corrected chi connectivity index (χ3v) is 6.91. The first kappa shape index (κ1) is 22.5. The summed E-state index contributed by atoms with van der Waals surface area (Å²) >= 11 is 1.89. The average Bonchev–Trinajstić information content (AvgIpc) is 3.16. The summed E-state index contributed by atoms with van der Waals surface area (Å²) < 4.78 is 0. The number of allylic oxidation sites excluding steroid dienone is 1. The van der Waals surface area contributed by atoms with Gasteiger partial charge in [-0.05, 0) is 67.0 Å². The summed E-state index contributed by atoms with van der Waals surface area (Å²) in [6.07, 6.45) is 5.05. The minimum Gasteiger partial charge on any atom is -0.328 e. The Morgan fingerprint density at radius 2 is 1.70 bits per heavy atom. The van der Waals surface area contributed by atoms with Crippen LogP contribution in [0.4, 0.5) is 0 Å². The predicted molar refractivity (Wildman–Crippen MR) is 133 cm³/mol. The first-order valence-corrected chi connectivity index (χ1v) is 11.8. The zero-order valence-corrected chi connectivity index (χ0v) is 19.6. The minimum atomic E-state index is 0.215. The van der Waals surface area contributed by atoms with E-state index in [1.54, 1.807) is 0 Å². The Balaban J connectivity index is 1.77. The summed E-state index contributed by atoms with van der Waals surface area (Å²) in [5.41, 5.74) is 13.1. The molecule has 1 nitrogen and oxygen atoms in total. The molecule has 0 spiro atoms. The fourth-order valence-electron chi connectivity index (χ4n) is 4.04. The number of aryl methyl sites for hydroxylation is 2. The number of thiophene rings is 1. The van der Waals surface area contributed by atoms with Crippen molar-refractivity contribution in [2.75, 3.05) is 0 Å². The van der Waals surface area contributed by atoms with Crippen molar-refractivity contribution >= 4 is 11.3 Å². The Hall–Kier alpha value is -2.16. The summed E-state index contributed by atoms with van der Waals surface area (Å²) in [6, 6.07) is 20.4. The highest BCUT2D eigenvalue weighted by Crippen LogP contribution is 2.32. The normalized spacial score (nSPS) is 13.4. The van der Waals surface area contributed by atoms with Crippen molar-refractivity contribution in [3.63, 3.8) is 0 Å². The minimum absolute atomic E-state index is 0.215. The molecular weight excluding hydrogens is 382 g/mol. The lowest BCUT2D eigenvalue weighted by Gasteiger charge is -2.21. The van der Waals surface area contributed by atoms with Crippen molar-refractivity contribution in [2.24, 2.45) is 11.7 Å². The third kappa shape index (κ3) is 5.93. The molecule has 0 bridgehead atoms. The molecule has 2 atom stereocenters. The van der Waals surface area contributed by atoms with E-state index in [1.807, 2.05) is 11.3 Å². The Labute approximate surface area is 186 Å². The standard InChI is InChI=1S/C28H35NS/c1-6-22(17-26(29)15-19(2)3)24-12-9-21(5)25(16-24)18-27-13-14-28(30-27)23-10-7-20(4)8-11-23/h6-14,16,19,22,26H,1,15,17-18,29H2,2-5H3. The second-order valence-corrected chi connectivity index (χ2v) is 10.1. The van der Waals surface area contributed by atoms with E-state index in [2.05, 4.69) is 94.9 Å². The van der Waals surface area contributed by atoms with E-state index >= 15 is 0 Å². The first-order chi connectivity index (χ1) is 14.4. The lowest BCUT2D eigenvalue weighted by molar-refractivity contribution is 0.460. The summed E-state index contributed by atoms with van der Waals surface area (Å²) in [4.78, 5) is 2.74. The highest BCUT2D eigenvalue weighted by Gasteiger charge is 2.15. The van der Waals surface area contributed by atoms with E-state index in [0.717, 1.165) is 19.3 Å². The largest absolute Gasteiger partial charge is 0.328 e. The summed E-state index contributed by atoms with van der Waals surface area (Å²) in [5.74, 6) is 0.935. The van der Waals surface area contributed by atoms with Gasteiger partial charge in [0.05, 0.1) is 0 Å². The highest BCUT2D eigenvalue weighted by molar-refractivity contribution is 7.15. The van der Waals surface area contributed by atoms with E-state index in [4.69, 9.17) is 5.73 Å². The molecule has 0 radical (unpaired) electrons. The van der Waals surface area contributed by atoms with E-state index in [9.17, 15) is 0 Å². The molecule has 158 valence electrons. The van der Waals surface area contributed by atoms with Gasteiger partial charge in [-0.2, -0.15) is 0 Å². The summed E-state index contributed by atoms with van der Waals surface area (Å²) in [5, 5.41) is 0. The Bertz CT molecular complexity index is 965. The van der Waals surface area contributed by atoms with Crippen molar-refractivity contribution in [1.82, 2.24) is 0 Å². The molecule has 0 aliphatic heterocycles. The maximum absolute atomic E-state index is 6.40. The van der Waals surface area contributed by atoms with Gasteiger partial charge >= 0.3 is 0 Å². The quantitative estimate of drug-likeness (QED) is 0.355.